The number of aromatic nitrogens is 6. The largest absolute Gasteiger partial charge is 0.348 e. The lowest BCUT2D eigenvalue weighted by Gasteiger charge is -2.07. The molecule has 0 aromatic carbocycles. The van der Waals surface area contributed by atoms with Gasteiger partial charge < -0.3 is 5.32 Å². The van der Waals surface area contributed by atoms with Crippen molar-refractivity contribution in [1.29, 1.82) is 0 Å². The molecule has 3 heterocycles. The monoisotopic (exact) mass is 303 g/mol. The summed E-state index contributed by atoms with van der Waals surface area (Å²) in [6.07, 6.45) is 3.38. The number of anilines is 2. The predicted molar refractivity (Wildman–Crippen MR) is 78.9 cm³/mol. The Hall–Kier alpha value is -2.59. The molecule has 0 fully saturated rings. The summed E-state index contributed by atoms with van der Waals surface area (Å²) in [4.78, 5) is 17.0. The van der Waals surface area contributed by atoms with Crippen LogP contribution in [0.5, 0.6) is 0 Å². The van der Waals surface area contributed by atoms with E-state index in [1.165, 1.54) is 4.68 Å². The first-order chi connectivity index (χ1) is 10.2. The van der Waals surface area contributed by atoms with Crippen LogP contribution in [-0.2, 0) is 6.54 Å². The molecule has 0 unspecified atom stereocenters. The molecule has 0 bridgehead atoms. The van der Waals surface area contributed by atoms with Crippen LogP contribution in [-0.4, -0.2) is 29.7 Å². The molecule has 3 aromatic rings. The number of hydrogen-bond donors (Lipinski definition) is 3. The standard InChI is InChI=1S/C11H13N9S/c1-7-15-8(6-21-7)5-13-9-16-10(19-12)18-11(17-9)20-4-2-3-14-20/h2-4,6H,5,12H2,1H3,(H2,13,16,17,18,19). The molecule has 0 amide bonds. The smallest absolute Gasteiger partial charge is 0.257 e. The molecule has 0 aliphatic heterocycles. The second-order valence-corrected chi connectivity index (χ2v) is 5.15. The quantitative estimate of drug-likeness (QED) is 0.466. The highest BCUT2D eigenvalue weighted by molar-refractivity contribution is 7.09. The second-order valence-electron chi connectivity index (χ2n) is 4.09. The zero-order valence-electron chi connectivity index (χ0n) is 11.2. The number of nitrogen functional groups attached to an aromatic ring is 1. The molecule has 3 rings (SSSR count). The van der Waals surface area contributed by atoms with E-state index in [-0.39, 0.29) is 5.95 Å². The van der Waals surface area contributed by atoms with Crippen molar-refractivity contribution in [1.82, 2.24) is 29.7 Å². The summed E-state index contributed by atoms with van der Waals surface area (Å²) >= 11 is 1.60. The van der Waals surface area contributed by atoms with E-state index in [0.29, 0.717) is 18.4 Å². The Kier molecular flexibility index (Phi) is 3.71. The van der Waals surface area contributed by atoms with Gasteiger partial charge >= 0.3 is 0 Å². The third-order valence-electron chi connectivity index (χ3n) is 2.56. The SMILES string of the molecule is Cc1nc(CNc2nc(NN)nc(-n3cccn3)n2)cs1. The van der Waals surface area contributed by atoms with Crippen LogP contribution >= 0.6 is 11.3 Å². The lowest BCUT2D eigenvalue weighted by atomic mass is 10.5. The summed E-state index contributed by atoms with van der Waals surface area (Å²) in [6, 6.07) is 1.78. The van der Waals surface area contributed by atoms with Gasteiger partial charge in [0, 0.05) is 17.8 Å². The van der Waals surface area contributed by atoms with Crippen LogP contribution in [0.4, 0.5) is 11.9 Å². The Morgan fingerprint density at radius 1 is 1.24 bits per heavy atom. The van der Waals surface area contributed by atoms with Crippen molar-refractivity contribution in [2.24, 2.45) is 5.84 Å². The van der Waals surface area contributed by atoms with Gasteiger partial charge in [-0.05, 0) is 13.0 Å². The first-order valence-electron chi connectivity index (χ1n) is 6.12. The molecule has 108 valence electrons. The van der Waals surface area contributed by atoms with Crippen molar-refractivity contribution in [3.8, 4) is 5.95 Å². The minimum absolute atomic E-state index is 0.257. The molecule has 9 nitrogen and oxygen atoms in total. The first kappa shape index (κ1) is 13.4. The third-order valence-corrected chi connectivity index (χ3v) is 3.38. The lowest BCUT2D eigenvalue weighted by Crippen LogP contribution is -2.16. The van der Waals surface area contributed by atoms with E-state index in [0.717, 1.165) is 10.7 Å². The average molecular weight is 303 g/mol. The molecule has 0 saturated heterocycles. The summed E-state index contributed by atoms with van der Waals surface area (Å²) < 4.78 is 1.53. The predicted octanol–water partition coefficient (Wildman–Crippen LogP) is 0.720. The maximum atomic E-state index is 5.38. The molecule has 21 heavy (non-hydrogen) atoms. The van der Waals surface area contributed by atoms with Gasteiger partial charge in [-0.1, -0.05) is 0 Å². The number of nitrogens with zero attached hydrogens (tertiary/aromatic N) is 6. The summed E-state index contributed by atoms with van der Waals surface area (Å²) in [7, 11) is 0. The van der Waals surface area contributed by atoms with Crippen molar-refractivity contribution < 1.29 is 0 Å². The van der Waals surface area contributed by atoms with Gasteiger partial charge in [-0.15, -0.1) is 11.3 Å². The van der Waals surface area contributed by atoms with Gasteiger partial charge in [0.05, 0.1) is 17.2 Å². The molecule has 0 spiro atoms. The zero-order chi connectivity index (χ0) is 14.7. The van der Waals surface area contributed by atoms with E-state index in [4.69, 9.17) is 5.84 Å². The van der Waals surface area contributed by atoms with Crippen molar-refractivity contribution >= 4 is 23.2 Å². The number of nitrogens with one attached hydrogen (secondary N) is 2. The Morgan fingerprint density at radius 3 is 2.76 bits per heavy atom. The molecule has 0 radical (unpaired) electrons. The van der Waals surface area contributed by atoms with E-state index in [1.807, 2.05) is 12.3 Å². The van der Waals surface area contributed by atoms with Crippen LogP contribution in [0.1, 0.15) is 10.7 Å². The highest BCUT2D eigenvalue weighted by Crippen LogP contribution is 2.11. The van der Waals surface area contributed by atoms with E-state index >= 15 is 0 Å². The topological polar surface area (TPSA) is 119 Å². The van der Waals surface area contributed by atoms with Crippen LogP contribution in [0.15, 0.2) is 23.8 Å². The fraction of sp³-hybridized carbons (Fsp3) is 0.182. The Morgan fingerprint density at radius 2 is 2.10 bits per heavy atom. The lowest BCUT2D eigenvalue weighted by molar-refractivity contribution is 0.795. The molecular formula is C11H13N9S. The normalized spacial score (nSPS) is 10.6. The number of rotatable bonds is 5. The minimum Gasteiger partial charge on any atom is -0.348 e. The van der Waals surface area contributed by atoms with E-state index in [9.17, 15) is 0 Å². The minimum atomic E-state index is 0.257. The fourth-order valence-corrected chi connectivity index (χ4v) is 2.27. The van der Waals surface area contributed by atoms with Crippen LogP contribution in [0, 0.1) is 6.92 Å². The summed E-state index contributed by atoms with van der Waals surface area (Å²) in [5.41, 5.74) is 3.35. The van der Waals surface area contributed by atoms with Gasteiger partial charge in [0.15, 0.2) is 0 Å². The van der Waals surface area contributed by atoms with Crippen LogP contribution in [0.3, 0.4) is 0 Å². The average Bonchev–Trinajstić information content (AvgIpc) is 3.16. The molecule has 0 aliphatic rings. The van der Waals surface area contributed by atoms with Crippen LogP contribution in [0.25, 0.3) is 5.95 Å². The second kappa shape index (κ2) is 5.81. The Balaban J connectivity index is 1.82. The van der Waals surface area contributed by atoms with Gasteiger partial charge in [0.1, 0.15) is 0 Å². The fourth-order valence-electron chi connectivity index (χ4n) is 1.66. The molecular weight excluding hydrogens is 290 g/mol. The number of hydrogen-bond acceptors (Lipinski definition) is 9. The van der Waals surface area contributed by atoms with E-state index < -0.39 is 0 Å². The van der Waals surface area contributed by atoms with Gasteiger partial charge in [-0.2, -0.15) is 20.1 Å². The molecule has 3 aromatic heterocycles. The van der Waals surface area contributed by atoms with Gasteiger partial charge in [0.2, 0.25) is 11.9 Å². The number of aryl methyl sites for hydroxylation is 1. The zero-order valence-corrected chi connectivity index (χ0v) is 12.0. The van der Waals surface area contributed by atoms with Crippen molar-refractivity contribution in [2.45, 2.75) is 13.5 Å². The summed E-state index contributed by atoms with van der Waals surface area (Å²) in [6.45, 7) is 2.49. The van der Waals surface area contributed by atoms with Gasteiger partial charge in [-0.3, -0.25) is 5.43 Å². The summed E-state index contributed by atoms with van der Waals surface area (Å²) in [5, 5.41) is 10.2. The van der Waals surface area contributed by atoms with Crippen molar-refractivity contribution in [3.63, 3.8) is 0 Å². The molecule has 4 N–H and O–H groups in total. The molecule has 0 saturated carbocycles. The molecule has 10 heteroatoms. The van der Waals surface area contributed by atoms with Gasteiger partial charge in [-0.25, -0.2) is 15.5 Å². The molecule has 0 atom stereocenters. The molecule has 0 aliphatic carbocycles. The number of hydrazine groups is 1. The Bertz CT molecular complexity index is 721. The van der Waals surface area contributed by atoms with Crippen molar-refractivity contribution in [2.75, 3.05) is 10.7 Å². The van der Waals surface area contributed by atoms with Crippen LogP contribution in [0.2, 0.25) is 0 Å². The number of thiazole rings is 1. The highest BCUT2D eigenvalue weighted by atomic mass is 32.1. The summed E-state index contributed by atoms with van der Waals surface area (Å²) in [5.74, 6) is 6.41. The highest BCUT2D eigenvalue weighted by Gasteiger charge is 2.08. The third kappa shape index (κ3) is 3.12. The maximum absolute atomic E-state index is 5.38. The van der Waals surface area contributed by atoms with Crippen molar-refractivity contribution in [3.05, 3.63) is 34.5 Å². The first-order valence-corrected chi connectivity index (χ1v) is 7.00. The van der Waals surface area contributed by atoms with Crippen LogP contribution < -0.4 is 16.6 Å². The maximum Gasteiger partial charge on any atom is 0.257 e. The Labute approximate surface area is 124 Å². The van der Waals surface area contributed by atoms with E-state index in [1.54, 1.807) is 29.8 Å². The van der Waals surface area contributed by atoms with E-state index in [2.05, 4.69) is 35.8 Å². The number of nitrogens with two attached hydrogens (primary N) is 1. The van der Waals surface area contributed by atoms with Gasteiger partial charge in [0.25, 0.3) is 5.95 Å².